The Morgan fingerprint density at radius 3 is 2.59 bits per heavy atom. The Hall–Kier alpha value is -1.08. The first-order chi connectivity index (χ1) is 10.9. The van der Waals surface area contributed by atoms with Crippen LogP contribution in [0.1, 0.15) is 12.8 Å². The molecule has 122 valence electrons. The number of aliphatic hydroxyl groups is 1. The minimum absolute atomic E-state index is 0.0630. The molecule has 0 aromatic rings. The largest absolute Gasteiger partial charge is 0.384 e. The van der Waals surface area contributed by atoms with Gasteiger partial charge in [0.25, 0.3) is 0 Å². The van der Waals surface area contributed by atoms with Gasteiger partial charge in [-0.1, -0.05) is 23.7 Å². The van der Waals surface area contributed by atoms with Crippen molar-refractivity contribution < 1.29 is 14.6 Å². The van der Waals surface area contributed by atoms with Gasteiger partial charge in [-0.05, 0) is 19.4 Å². The number of morpholine rings is 1. The molecule has 5 heteroatoms. The lowest BCUT2D eigenvalue weighted by Gasteiger charge is -2.30. The summed E-state index contributed by atoms with van der Waals surface area (Å²) < 4.78 is 11.2. The zero-order chi connectivity index (χ0) is 15.5. The lowest BCUT2D eigenvalue weighted by Crippen LogP contribution is -2.39. The van der Waals surface area contributed by atoms with Gasteiger partial charge in [0.15, 0.2) is 0 Å². The van der Waals surface area contributed by atoms with Crippen molar-refractivity contribution in [2.75, 3.05) is 65.7 Å². The molecule has 0 radical (unpaired) electrons. The summed E-state index contributed by atoms with van der Waals surface area (Å²) >= 11 is 0. The maximum Gasteiger partial charge on any atom is 0.108 e. The summed E-state index contributed by atoms with van der Waals surface area (Å²) in [6.07, 6.45) is 2.48. The average Bonchev–Trinajstić information content (AvgIpc) is 2.56. The molecule has 0 saturated carbocycles. The van der Waals surface area contributed by atoms with Crippen LogP contribution >= 0.6 is 0 Å². The molecule has 1 N–H and O–H groups in total. The Morgan fingerprint density at radius 2 is 1.77 bits per heavy atom. The Bertz CT molecular complexity index is 427. The van der Waals surface area contributed by atoms with Crippen molar-refractivity contribution in [3.8, 4) is 23.7 Å². The van der Waals surface area contributed by atoms with E-state index in [9.17, 15) is 0 Å². The van der Waals surface area contributed by atoms with Gasteiger partial charge in [0, 0.05) is 19.6 Å². The van der Waals surface area contributed by atoms with Crippen LogP contribution in [0.15, 0.2) is 0 Å². The molecule has 2 aliphatic rings. The van der Waals surface area contributed by atoms with E-state index in [0.29, 0.717) is 13.2 Å². The monoisotopic (exact) mass is 306 g/mol. The Balaban J connectivity index is 1.59. The van der Waals surface area contributed by atoms with Crippen molar-refractivity contribution in [1.82, 2.24) is 9.80 Å². The molecule has 0 aromatic carbocycles. The molecular weight excluding hydrogens is 280 g/mol. The number of aliphatic hydroxyl groups excluding tert-OH is 1. The van der Waals surface area contributed by atoms with Gasteiger partial charge in [0.1, 0.15) is 13.2 Å². The second-order valence-corrected chi connectivity index (χ2v) is 5.56. The highest BCUT2D eigenvalue weighted by Gasteiger charge is 2.19. The van der Waals surface area contributed by atoms with E-state index >= 15 is 0 Å². The number of hydrogen-bond acceptors (Lipinski definition) is 5. The van der Waals surface area contributed by atoms with Gasteiger partial charge in [0.05, 0.1) is 32.4 Å². The number of piperidine rings is 1. The third-order valence-corrected chi connectivity index (χ3v) is 3.89. The number of rotatable bonds is 4. The SMILES string of the molecule is OCC#CCN1CCCC(OCC#CCN2CCOCC2)C1. The van der Waals surface area contributed by atoms with E-state index in [0.717, 1.165) is 58.8 Å². The number of likely N-dealkylation sites (tertiary alicyclic amines) is 1. The molecule has 22 heavy (non-hydrogen) atoms. The van der Waals surface area contributed by atoms with E-state index < -0.39 is 0 Å². The van der Waals surface area contributed by atoms with Crippen LogP contribution < -0.4 is 0 Å². The third kappa shape index (κ3) is 6.79. The van der Waals surface area contributed by atoms with Crippen molar-refractivity contribution >= 4 is 0 Å². The molecule has 0 amide bonds. The maximum atomic E-state index is 8.67. The molecule has 5 nitrogen and oxygen atoms in total. The van der Waals surface area contributed by atoms with E-state index in [4.69, 9.17) is 14.6 Å². The van der Waals surface area contributed by atoms with Gasteiger partial charge in [-0.3, -0.25) is 9.80 Å². The van der Waals surface area contributed by atoms with Gasteiger partial charge in [-0.15, -0.1) is 0 Å². The fourth-order valence-corrected chi connectivity index (χ4v) is 2.65. The predicted octanol–water partition coefficient (Wildman–Crippen LogP) is -0.201. The molecule has 0 aromatic heterocycles. The molecule has 2 aliphatic heterocycles. The number of hydrogen-bond donors (Lipinski definition) is 1. The topological polar surface area (TPSA) is 45.2 Å². The summed E-state index contributed by atoms with van der Waals surface area (Å²) in [4.78, 5) is 4.58. The standard InChI is InChI=1S/C17H26N2O3/c20-12-3-1-8-19-9-5-6-17(16-19)22-13-4-2-7-18-10-14-21-15-11-18/h17,20H,5-16H2. The first-order valence-electron chi connectivity index (χ1n) is 8.05. The Kier molecular flexibility index (Phi) is 8.33. The zero-order valence-corrected chi connectivity index (χ0v) is 13.2. The van der Waals surface area contributed by atoms with Gasteiger partial charge >= 0.3 is 0 Å². The minimum Gasteiger partial charge on any atom is -0.384 e. The van der Waals surface area contributed by atoms with Crippen LogP contribution in [0.25, 0.3) is 0 Å². The molecule has 2 rings (SSSR count). The van der Waals surface area contributed by atoms with Crippen molar-refractivity contribution in [2.45, 2.75) is 18.9 Å². The van der Waals surface area contributed by atoms with Gasteiger partial charge in [0.2, 0.25) is 0 Å². The van der Waals surface area contributed by atoms with Crippen LogP contribution in [0.4, 0.5) is 0 Å². The van der Waals surface area contributed by atoms with Crippen LogP contribution in [0.5, 0.6) is 0 Å². The Labute approximate surface area is 133 Å². The second kappa shape index (κ2) is 10.6. The Morgan fingerprint density at radius 1 is 1.00 bits per heavy atom. The average molecular weight is 306 g/mol. The van der Waals surface area contributed by atoms with Gasteiger partial charge in [-0.25, -0.2) is 0 Å². The second-order valence-electron chi connectivity index (χ2n) is 5.56. The van der Waals surface area contributed by atoms with Crippen molar-refractivity contribution in [3.63, 3.8) is 0 Å². The van der Waals surface area contributed by atoms with Crippen LogP contribution in [-0.4, -0.2) is 86.7 Å². The predicted molar refractivity (Wildman–Crippen MR) is 85.3 cm³/mol. The highest BCUT2D eigenvalue weighted by molar-refractivity contribution is 5.03. The van der Waals surface area contributed by atoms with E-state index in [2.05, 4.69) is 33.5 Å². The molecular formula is C17H26N2O3. The quantitative estimate of drug-likeness (QED) is 0.729. The molecule has 0 bridgehead atoms. The summed E-state index contributed by atoms with van der Waals surface area (Å²) in [5.41, 5.74) is 0. The highest BCUT2D eigenvalue weighted by Crippen LogP contribution is 2.12. The summed E-state index contributed by atoms with van der Waals surface area (Å²) in [5.74, 6) is 11.9. The lowest BCUT2D eigenvalue weighted by atomic mass is 10.1. The fraction of sp³-hybridized carbons (Fsp3) is 0.765. The van der Waals surface area contributed by atoms with Crippen molar-refractivity contribution in [2.24, 2.45) is 0 Å². The molecule has 1 unspecified atom stereocenters. The van der Waals surface area contributed by atoms with Crippen molar-refractivity contribution in [1.29, 1.82) is 0 Å². The molecule has 0 spiro atoms. The van der Waals surface area contributed by atoms with E-state index in [-0.39, 0.29) is 12.7 Å². The molecule has 2 saturated heterocycles. The third-order valence-electron chi connectivity index (χ3n) is 3.89. The lowest BCUT2D eigenvalue weighted by molar-refractivity contribution is 0.0198. The molecule has 1 atom stereocenters. The first kappa shape index (κ1) is 17.3. The molecule has 2 fully saturated rings. The molecule has 0 aliphatic carbocycles. The van der Waals surface area contributed by atoms with Gasteiger partial charge in [-0.2, -0.15) is 0 Å². The van der Waals surface area contributed by atoms with E-state index in [1.54, 1.807) is 0 Å². The minimum atomic E-state index is -0.0630. The molecule has 2 heterocycles. The van der Waals surface area contributed by atoms with Crippen LogP contribution in [0, 0.1) is 23.7 Å². The number of ether oxygens (including phenoxy) is 2. The fourth-order valence-electron chi connectivity index (χ4n) is 2.65. The normalized spacial score (nSPS) is 23.2. The summed E-state index contributed by atoms with van der Waals surface area (Å²) in [5, 5.41) is 8.67. The summed E-state index contributed by atoms with van der Waals surface area (Å²) in [6, 6.07) is 0. The first-order valence-corrected chi connectivity index (χ1v) is 8.05. The maximum absolute atomic E-state index is 8.67. The van der Waals surface area contributed by atoms with Crippen LogP contribution in [0.2, 0.25) is 0 Å². The van der Waals surface area contributed by atoms with Gasteiger partial charge < -0.3 is 14.6 Å². The van der Waals surface area contributed by atoms with Crippen LogP contribution in [-0.2, 0) is 9.47 Å². The van der Waals surface area contributed by atoms with Crippen molar-refractivity contribution in [3.05, 3.63) is 0 Å². The summed E-state index contributed by atoms with van der Waals surface area (Å²) in [7, 11) is 0. The summed E-state index contributed by atoms with van der Waals surface area (Å²) in [6.45, 7) is 7.50. The number of nitrogens with zero attached hydrogens (tertiary/aromatic N) is 2. The smallest absolute Gasteiger partial charge is 0.108 e. The van der Waals surface area contributed by atoms with Crippen LogP contribution in [0.3, 0.4) is 0 Å². The van der Waals surface area contributed by atoms with E-state index in [1.165, 1.54) is 0 Å². The van der Waals surface area contributed by atoms with E-state index in [1.807, 2.05) is 0 Å². The highest BCUT2D eigenvalue weighted by atomic mass is 16.5. The zero-order valence-electron chi connectivity index (χ0n) is 13.2.